The number of urea groups is 1. The summed E-state index contributed by atoms with van der Waals surface area (Å²) in [7, 11) is 1.67. The van der Waals surface area contributed by atoms with E-state index in [4.69, 9.17) is 11.5 Å². The van der Waals surface area contributed by atoms with Crippen molar-refractivity contribution in [1.82, 2.24) is 4.90 Å². The number of nitrogens with one attached hydrogen (secondary N) is 1. The normalized spacial score (nSPS) is 10.3. The number of carbonyl (C=O) groups is 2. The summed E-state index contributed by atoms with van der Waals surface area (Å²) in [4.78, 5) is 26.0. The number of amides is 3. The predicted molar refractivity (Wildman–Crippen MR) is 89.0 cm³/mol. The fourth-order valence-corrected chi connectivity index (χ4v) is 3.06. The highest BCUT2D eigenvalue weighted by Crippen LogP contribution is 2.35. The lowest BCUT2D eigenvalue weighted by Crippen LogP contribution is -2.32. The van der Waals surface area contributed by atoms with Crippen molar-refractivity contribution in [3.8, 4) is 10.4 Å². The summed E-state index contributed by atoms with van der Waals surface area (Å²) in [5.41, 5.74) is 12.1. The van der Waals surface area contributed by atoms with Gasteiger partial charge >= 0.3 is 6.03 Å². The Hall–Kier alpha value is -2.38. The summed E-state index contributed by atoms with van der Waals surface area (Å²) in [6.45, 7) is 0.807. The van der Waals surface area contributed by atoms with Gasteiger partial charge in [0.05, 0.1) is 5.56 Å². The van der Waals surface area contributed by atoms with Crippen molar-refractivity contribution in [3.05, 3.63) is 42.0 Å². The third-order valence-electron chi connectivity index (χ3n) is 3.07. The van der Waals surface area contributed by atoms with Gasteiger partial charge in [-0.3, -0.25) is 10.1 Å². The number of likely N-dealkylation sites (N-methyl/N-ethyl adjacent to an activating group) is 1. The van der Waals surface area contributed by atoms with Crippen LogP contribution in [0.1, 0.15) is 10.4 Å². The van der Waals surface area contributed by atoms with E-state index in [1.165, 1.54) is 16.2 Å². The van der Waals surface area contributed by atoms with Crippen molar-refractivity contribution in [1.29, 1.82) is 0 Å². The monoisotopic (exact) mass is 318 g/mol. The molecule has 6 nitrogen and oxygen atoms in total. The molecule has 5 N–H and O–H groups in total. The largest absolute Gasteiger partial charge is 0.351 e. The first-order valence-corrected chi connectivity index (χ1v) is 7.55. The highest BCUT2D eigenvalue weighted by molar-refractivity contribution is 7.20. The smallest absolute Gasteiger partial charge is 0.317 e. The molecule has 0 radical (unpaired) electrons. The molecule has 0 saturated heterocycles. The lowest BCUT2D eigenvalue weighted by atomic mass is 10.1. The molecule has 0 aliphatic carbocycles. The molecule has 3 amide bonds. The molecule has 1 heterocycles. The topological polar surface area (TPSA) is 101 Å². The maximum atomic E-state index is 12.5. The standard InChI is InChI=1S/C15H18N4O2S/c1-19(8-7-16)14(20)11-9-12(10-5-3-2-4-6-10)22-13(11)18-15(17)21/h2-6,9H,7-8,16H2,1H3,(H3,17,18,21). The predicted octanol–water partition coefficient (Wildman–Crippen LogP) is 1.94. The summed E-state index contributed by atoms with van der Waals surface area (Å²) < 4.78 is 0. The lowest BCUT2D eigenvalue weighted by Gasteiger charge is -2.16. The summed E-state index contributed by atoms with van der Waals surface area (Å²) in [6, 6.07) is 10.7. The molecule has 7 heteroatoms. The van der Waals surface area contributed by atoms with Gasteiger partial charge in [-0.15, -0.1) is 11.3 Å². The van der Waals surface area contributed by atoms with E-state index in [2.05, 4.69) is 5.32 Å². The zero-order valence-electron chi connectivity index (χ0n) is 12.2. The number of thiophene rings is 1. The maximum absolute atomic E-state index is 12.5. The number of rotatable bonds is 5. The Morgan fingerprint density at radius 2 is 1.95 bits per heavy atom. The quantitative estimate of drug-likeness (QED) is 0.785. The van der Waals surface area contributed by atoms with Gasteiger partial charge in [-0.25, -0.2) is 4.79 Å². The van der Waals surface area contributed by atoms with E-state index in [0.717, 1.165) is 10.4 Å². The summed E-state index contributed by atoms with van der Waals surface area (Å²) in [5, 5.41) is 2.96. The Morgan fingerprint density at radius 3 is 2.55 bits per heavy atom. The third-order valence-corrected chi connectivity index (χ3v) is 4.17. The molecule has 0 saturated carbocycles. The number of anilines is 1. The van der Waals surface area contributed by atoms with E-state index in [1.807, 2.05) is 30.3 Å². The van der Waals surface area contributed by atoms with E-state index in [-0.39, 0.29) is 5.91 Å². The molecule has 22 heavy (non-hydrogen) atoms. The minimum atomic E-state index is -0.697. The van der Waals surface area contributed by atoms with Gasteiger partial charge in [-0.2, -0.15) is 0 Å². The van der Waals surface area contributed by atoms with Crippen LogP contribution in [-0.4, -0.2) is 37.0 Å². The fraction of sp³-hybridized carbons (Fsp3) is 0.200. The average Bonchev–Trinajstić information content (AvgIpc) is 2.90. The third kappa shape index (κ3) is 3.63. The van der Waals surface area contributed by atoms with E-state index in [1.54, 1.807) is 13.1 Å². The lowest BCUT2D eigenvalue weighted by molar-refractivity contribution is 0.0800. The number of nitrogens with zero attached hydrogens (tertiary/aromatic N) is 1. The van der Waals surface area contributed by atoms with Crippen LogP contribution in [0, 0.1) is 0 Å². The van der Waals surface area contributed by atoms with Crippen molar-refractivity contribution in [2.45, 2.75) is 0 Å². The van der Waals surface area contributed by atoms with Crippen LogP contribution in [0.2, 0.25) is 0 Å². The second kappa shape index (κ2) is 7.06. The Bertz CT molecular complexity index is 669. The van der Waals surface area contributed by atoms with E-state index < -0.39 is 6.03 Å². The van der Waals surface area contributed by atoms with Crippen molar-refractivity contribution in [3.63, 3.8) is 0 Å². The Morgan fingerprint density at radius 1 is 1.27 bits per heavy atom. The van der Waals surface area contributed by atoms with Crippen LogP contribution in [0.15, 0.2) is 36.4 Å². The second-order valence-corrected chi connectivity index (χ2v) is 5.78. The van der Waals surface area contributed by atoms with Crippen LogP contribution in [-0.2, 0) is 0 Å². The van der Waals surface area contributed by atoms with Crippen molar-refractivity contribution in [2.75, 3.05) is 25.5 Å². The van der Waals surface area contributed by atoms with Gasteiger partial charge in [0.25, 0.3) is 5.91 Å². The average molecular weight is 318 g/mol. The fourth-order valence-electron chi connectivity index (χ4n) is 2.00. The number of primary amides is 1. The highest BCUT2D eigenvalue weighted by Gasteiger charge is 2.20. The molecular weight excluding hydrogens is 300 g/mol. The van der Waals surface area contributed by atoms with Gasteiger partial charge in [0.15, 0.2) is 0 Å². The first-order chi connectivity index (χ1) is 10.5. The molecule has 0 bridgehead atoms. The molecule has 1 aromatic heterocycles. The molecule has 0 spiro atoms. The Balaban J connectivity index is 2.40. The van der Waals surface area contributed by atoms with Gasteiger partial charge in [-0.05, 0) is 11.6 Å². The molecule has 1 aromatic carbocycles. The molecule has 2 aromatic rings. The van der Waals surface area contributed by atoms with Crippen LogP contribution >= 0.6 is 11.3 Å². The zero-order chi connectivity index (χ0) is 16.1. The van der Waals surface area contributed by atoms with Crippen LogP contribution in [0.5, 0.6) is 0 Å². The molecule has 116 valence electrons. The van der Waals surface area contributed by atoms with Gasteiger partial charge in [-0.1, -0.05) is 30.3 Å². The maximum Gasteiger partial charge on any atom is 0.317 e. The summed E-state index contributed by atoms with van der Waals surface area (Å²) in [6.07, 6.45) is 0. The van der Waals surface area contributed by atoms with E-state index in [9.17, 15) is 9.59 Å². The van der Waals surface area contributed by atoms with Crippen molar-refractivity contribution < 1.29 is 9.59 Å². The first kappa shape index (κ1) is 16.0. The number of hydrogen-bond acceptors (Lipinski definition) is 4. The molecule has 0 aliphatic heterocycles. The molecule has 2 rings (SSSR count). The SMILES string of the molecule is CN(CCN)C(=O)c1cc(-c2ccccc2)sc1NC(N)=O. The van der Waals surface area contributed by atoms with E-state index >= 15 is 0 Å². The first-order valence-electron chi connectivity index (χ1n) is 6.74. The minimum Gasteiger partial charge on any atom is -0.351 e. The minimum absolute atomic E-state index is 0.201. The summed E-state index contributed by atoms with van der Waals surface area (Å²) >= 11 is 1.31. The zero-order valence-corrected chi connectivity index (χ0v) is 13.0. The Labute approximate surface area is 132 Å². The van der Waals surface area contributed by atoms with Gasteiger partial charge in [0.1, 0.15) is 5.00 Å². The van der Waals surface area contributed by atoms with Crippen LogP contribution in [0.4, 0.5) is 9.80 Å². The molecular formula is C15H18N4O2S. The second-order valence-electron chi connectivity index (χ2n) is 4.72. The molecule has 0 aliphatic rings. The van der Waals surface area contributed by atoms with Crippen molar-refractivity contribution in [2.24, 2.45) is 11.5 Å². The molecule has 0 fully saturated rings. The summed E-state index contributed by atoms with van der Waals surface area (Å²) in [5.74, 6) is -0.201. The number of benzene rings is 1. The number of nitrogens with two attached hydrogens (primary N) is 2. The van der Waals surface area contributed by atoms with Crippen molar-refractivity contribution >= 4 is 28.3 Å². The van der Waals surface area contributed by atoms with Gasteiger partial charge in [0, 0.05) is 25.0 Å². The van der Waals surface area contributed by atoms with Gasteiger partial charge < -0.3 is 16.4 Å². The number of hydrogen-bond donors (Lipinski definition) is 3. The molecule has 0 unspecified atom stereocenters. The number of carbonyl (C=O) groups excluding carboxylic acids is 2. The Kier molecular flexibility index (Phi) is 5.13. The molecule has 0 atom stereocenters. The van der Waals surface area contributed by atoms with E-state index in [0.29, 0.717) is 23.7 Å². The van der Waals surface area contributed by atoms with Gasteiger partial charge in [0.2, 0.25) is 0 Å². The highest BCUT2D eigenvalue weighted by atomic mass is 32.1. The van der Waals surface area contributed by atoms with Crippen LogP contribution < -0.4 is 16.8 Å². The van der Waals surface area contributed by atoms with Crippen LogP contribution in [0.3, 0.4) is 0 Å². The van der Waals surface area contributed by atoms with Crippen LogP contribution in [0.25, 0.3) is 10.4 Å².